The number of carbonyl (C=O) groups is 2. The quantitative estimate of drug-likeness (QED) is 0.0259. The van der Waals surface area contributed by atoms with Crippen molar-refractivity contribution in [2.75, 3.05) is 26.4 Å². The number of hydrogen-bond donors (Lipinski definition) is 1. The van der Waals surface area contributed by atoms with E-state index in [4.69, 9.17) is 23.8 Å². The molecule has 2 aromatic heterocycles. The van der Waals surface area contributed by atoms with Crippen molar-refractivity contribution < 1.29 is 38.3 Å². The van der Waals surface area contributed by atoms with Crippen molar-refractivity contribution in [1.82, 2.24) is 35.2 Å². The Hall–Kier alpha value is -6.26. The van der Waals surface area contributed by atoms with Crippen LogP contribution in [-0.4, -0.2) is 91.0 Å². The van der Waals surface area contributed by atoms with Gasteiger partial charge in [0, 0.05) is 12.5 Å². The van der Waals surface area contributed by atoms with Crippen molar-refractivity contribution >= 4 is 23.2 Å². The minimum absolute atomic E-state index is 0.0980. The molecule has 0 bridgehead atoms. The number of unbranched alkanes of at least 4 members (excludes halogenated alkanes) is 2. The summed E-state index contributed by atoms with van der Waals surface area (Å²) in [6, 6.07) is 21.5. The van der Waals surface area contributed by atoms with Gasteiger partial charge in [-0.15, -0.1) is 10.1 Å². The molecule has 17 nitrogen and oxygen atoms in total. The number of esters is 1. The molecule has 0 radical (unpaired) electrons. The maximum atomic E-state index is 13.5. The third-order valence-corrected chi connectivity index (χ3v) is 9.11. The summed E-state index contributed by atoms with van der Waals surface area (Å²) in [6.07, 6.45) is 2.66. The van der Waals surface area contributed by atoms with Crippen LogP contribution in [0.15, 0.2) is 72.0 Å². The van der Waals surface area contributed by atoms with Crippen LogP contribution in [-0.2, 0) is 25.6 Å². The molecular weight excluding hydrogens is 710 g/mol. The molecule has 1 fully saturated rings. The molecule has 0 saturated carbocycles. The molecule has 0 aliphatic carbocycles. The van der Waals surface area contributed by atoms with Crippen LogP contribution in [0.25, 0.3) is 33.5 Å². The Labute approximate surface area is 317 Å². The van der Waals surface area contributed by atoms with Crippen molar-refractivity contribution in [3.8, 4) is 28.5 Å². The lowest BCUT2D eigenvalue weighted by molar-refractivity contribution is -0.719. The minimum atomic E-state index is -1.23. The molecule has 5 aromatic rings. The number of nitrogens with zero attached hydrogens (tertiary/aromatic N) is 8. The van der Waals surface area contributed by atoms with E-state index in [0.717, 1.165) is 41.5 Å². The largest absolute Gasteiger partial charge is 0.569 e. The van der Waals surface area contributed by atoms with Gasteiger partial charge in [0.15, 0.2) is 5.82 Å². The number of fused-ring (bicyclic) bond motifs is 1. The number of tetrazole rings is 1. The number of hydrogen-bond acceptors (Lipinski definition) is 13. The van der Waals surface area contributed by atoms with Crippen molar-refractivity contribution in [3.05, 3.63) is 83.1 Å². The number of imidazole rings is 1. The van der Waals surface area contributed by atoms with Gasteiger partial charge in [-0.25, -0.2) is 14.7 Å². The predicted octanol–water partition coefficient (Wildman–Crippen LogP) is 6.84. The van der Waals surface area contributed by atoms with Crippen molar-refractivity contribution in [2.24, 2.45) is 5.28 Å². The van der Waals surface area contributed by atoms with Crippen LogP contribution in [0.1, 0.15) is 75.2 Å². The number of nitrogens with one attached hydrogen (secondary N) is 1. The zero-order valence-electron chi connectivity index (χ0n) is 31.1. The topological polar surface area (TPSA) is 194 Å². The van der Waals surface area contributed by atoms with E-state index in [1.165, 1.54) is 6.92 Å². The number of H-pyrrole nitrogens is 1. The zero-order valence-corrected chi connectivity index (χ0v) is 31.1. The molecule has 17 heteroatoms. The van der Waals surface area contributed by atoms with Crippen LogP contribution in [0.5, 0.6) is 6.01 Å². The number of para-hydroxylation sites is 1. The molecular formula is C38H45N9O8. The fraction of sp³-hybridized carbons (Fsp3) is 0.421. The minimum Gasteiger partial charge on any atom is -0.569 e. The van der Waals surface area contributed by atoms with Crippen LogP contribution in [0.2, 0.25) is 0 Å². The molecule has 3 heterocycles. The van der Waals surface area contributed by atoms with Crippen LogP contribution in [0.3, 0.4) is 0 Å². The molecule has 6 rings (SSSR count). The second-order valence-electron chi connectivity index (χ2n) is 13.0. The lowest BCUT2D eigenvalue weighted by Gasteiger charge is -2.28. The summed E-state index contributed by atoms with van der Waals surface area (Å²) in [6.45, 7) is 7.03. The van der Waals surface area contributed by atoms with Crippen LogP contribution in [0.4, 0.5) is 4.79 Å². The Bertz CT molecular complexity index is 2050. The number of carbonyl (C=O) groups excluding carboxylic acids is 2. The molecule has 1 aliphatic heterocycles. The van der Waals surface area contributed by atoms with Crippen molar-refractivity contribution in [3.63, 3.8) is 0 Å². The van der Waals surface area contributed by atoms with Gasteiger partial charge in [-0.1, -0.05) is 54.6 Å². The summed E-state index contributed by atoms with van der Waals surface area (Å²) in [7, 11) is 0. The number of hydrazine groups is 1. The van der Waals surface area contributed by atoms with Gasteiger partial charge in [0.1, 0.15) is 6.61 Å². The Morgan fingerprint density at radius 1 is 1.00 bits per heavy atom. The average Bonchev–Trinajstić information content (AvgIpc) is 3.85. The molecule has 2 unspecified atom stereocenters. The number of aromatic nitrogens is 6. The van der Waals surface area contributed by atoms with E-state index in [0.29, 0.717) is 66.8 Å². The van der Waals surface area contributed by atoms with Crippen molar-refractivity contribution in [2.45, 2.75) is 78.2 Å². The molecule has 290 valence electrons. The van der Waals surface area contributed by atoms with E-state index < -0.39 is 18.4 Å². The van der Waals surface area contributed by atoms with Gasteiger partial charge in [-0.2, -0.15) is 4.98 Å². The smallest absolute Gasteiger partial charge is 0.511 e. The van der Waals surface area contributed by atoms with Gasteiger partial charge < -0.3 is 29.0 Å². The zero-order chi connectivity index (χ0) is 38.6. The van der Waals surface area contributed by atoms with Gasteiger partial charge in [0.25, 0.3) is 6.01 Å². The van der Waals surface area contributed by atoms with Crippen LogP contribution >= 0.6 is 0 Å². The summed E-state index contributed by atoms with van der Waals surface area (Å²) >= 11 is 0. The standard InChI is InChI=1S/C38H45N9O8/c1-4-51-37-39-33-17-12-16-32(34(33)45(37)25-28-18-20-29(21-19-28)30-14-6-7-15-31(30)35-40-42-43-41-35)36(48)54-27(3)55-38(49)52-23-10-5-11-24-53-44-47(50)46-22-9-8-13-26(46)2/h6-7,12,14-21,26-27H,4-5,8-11,13,22-25H2,1-3H3,(H,40,41,42,43)/b47-44-. The summed E-state index contributed by atoms with van der Waals surface area (Å²) < 4.78 is 23.6. The summed E-state index contributed by atoms with van der Waals surface area (Å²) in [4.78, 5) is 36.2. The Morgan fingerprint density at radius 2 is 1.80 bits per heavy atom. The molecule has 1 N–H and O–H groups in total. The lowest BCUT2D eigenvalue weighted by Crippen LogP contribution is -2.42. The van der Waals surface area contributed by atoms with Gasteiger partial charge in [0.05, 0.1) is 53.9 Å². The van der Waals surface area contributed by atoms with Gasteiger partial charge in [-0.3, -0.25) is 4.57 Å². The molecule has 55 heavy (non-hydrogen) atoms. The third kappa shape index (κ3) is 9.84. The molecule has 3 aromatic carbocycles. The monoisotopic (exact) mass is 755 g/mol. The number of piperidine rings is 1. The maximum Gasteiger partial charge on any atom is 0.511 e. The molecule has 2 atom stereocenters. The highest BCUT2D eigenvalue weighted by atomic mass is 16.8. The average molecular weight is 756 g/mol. The van der Waals surface area contributed by atoms with Gasteiger partial charge in [0.2, 0.25) is 11.6 Å². The van der Waals surface area contributed by atoms with E-state index >= 15 is 0 Å². The first kappa shape index (κ1) is 38.5. The van der Waals surface area contributed by atoms with E-state index in [1.54, 1.807) is 23.2 Å². The highest BCUT2D eigenvalue weighted by molar-refractivity contribution is 6.02. The normalized spacial score (nSPS) is 15.1. The predicted molar refractivity (Wildman–Crippen MR) is 198 cm³/mol. The van der Waals surface area contributed by atoms with E-state index in [1.807, 2.05) is 66.9 Å². The first-order valence-corrected chi connectivity index (χ1v) is 18.5. The number of rotatable bonds is 17. The fourth-order valence-electron chi connectivity index (χ4n) is 6.38. The Morgan fingerprint density at radius 3 is 2.56 bits per heavy atom. The first-order valence-electron chi connectivity index (χ1n) is 18.5. The highest BCUT2D eigenvalue weighted by Crippen LogP contribution is 2.31. The Balaban J connectivity index is 1.02. The number of ether oxygens (including phenoxy) is 4. The summed E-state index contributed by atoms with van der Waals surface area (Å²) in [5, 5.41) is 31.7. The summed E-state index contributed by atoms with van der Waals surface area (Å²) in [5.74, 6) is -0.138. The maximum absolute atomic E-state index is 13.5. The van der Waals surface area contributed by atoms with E-state index in [9.17, 15) is 14.8 Å². The van der Waals surface area contributed by atoms with Gasteiger partial charge >= 0.3 is 12.1 Å². The molecule has 1 aliphatic rings. The molecule has 0 spiro atoms. The second-order valence-corrected chi connectivity index (χ2v) is 13.0. The summed E-state index contributed by atoms with van der Waals surface area (Å²) in [5.41, 5.74) is 5.02. The van der Waals surface area contributed by atoms with Crippen molar-refractivity contribution in [1.29, 1.82) is 0 Å². The number of benzene rings is 3. The molecule has 1 saturated heterocycles. The number of aromatic amines is 1. The van der Waals surface area contributed by atoms with E-state index in [2.05, 4.69) is 30.9 Å². The van der Waals surface area contributed by atoms with Crippen LogP contribution < -0.4 is 4.74 Å². The van der Waals surface area contributed by atoms with E-state index in [-0.39, 0.29) is 24.8 Å². The lowest BCUT2D eigenvalue weighted by atomic mass is 9.98. The van der Waals surface area contributed by atoms with Crippen LogP contribution in [0, 0.1) is 5.21 Å². The SMILES string of the molecule is CCOc1nc2cccc(C(=O)OC(C)OC(=O)OCCCCCO/N=[N+](\[O-])N3CCCCC3C)c2n1Cc1ccc(-c2ccccc2-c2nnn[nH]2)cc1. The third-order valence-electron chi connectivity index (χ3n) is 9.11. The highest BCUT2D eigenvalue weighted by Gasteiger charge is 2.25. The fourth-order valence-corrected chi connectivity index (χ4v) is 6.38. The molecule has 0 amide bonds. The Kier molecular flexibility index (Phi) is 13.1. The second kappa shape index (κ2) is 18.7. The first-order chi connectivity index (χ1) is 26.8. The van der Waals surface area contributed by atoms with Gasteiger partial charge in [-0.05, 0) is 91.6 Å².